The standard InChI is InChI=1S/C20H21BrN2O/c1-20(17-14-22-24-15-17,18-10-6-7-11-19(18)21)23(2)13-12-16-8-4-3-5-9-16/h3-11,14-15H,12-13H2,1-2H3. The van der Waals surface area contributed by atoms with Crippen molar-refractivity contribution in [2.24, 2.45) is 0 Å². The van der Waals surface area contributed by atoms with E-state index >= 15 is 0 Å². The molecule has 0 aliphatic heterocycles. The van der Waals surface area contributed by atoms with E-state index in [1.54, 1.807) is 12.5 Å². The van der Waals surface area contributed by atoms with Crippen LogP contribution < -0.4 is 0 Å². The van der Waals surface area contributed by atoms with Crippen molar-refractivity contribution in [3.8, 4) is 0 Å². The van der Waals surface area contributed by atoms with E-state index in [2.05, 4.69) is 88.5 Å². The van der Waals surface area contributed by atoms with E-state index in [1.165, 1.54) is 11.1 Å². The van der Waals surface area contributed by atoms with Crippen LogP contribution in [0.5, 0.6) is 0 Å². The maximum Gasteiger partial charge on any atom is 0.129 e. The molecule has 3 aromatic rings. The molecule has 0 spiro atoms. The molecule has 0 saturated carbocycles. The molecule has 124 valence electrons. The predicted molar refractivity (Wildman–Crippen MR) is 99.9 cm³/mol. The summed E-state index contributed by atoms with van der Waals surface area (Å²) in [6.07, 6.45) is 4.53. The van der Waals surface area contributed by atoms with Gasteiger partial charge in [-0.15, -0.1) is 0 Å². The van der Waals surface area contributed by atoms with Crippen LogP contribution in [0.1, 0.15) is 23.6 Å². The minimum atomic E-state index is -0.325. The zero-order chi connectivity index (χ0) is 17.0. The number of rotatable bonds is 6. The lowest BCUT2D eigenvalue weighted by Gasteiger charge is -2.39. The van der Waals surface area contributed by atoms with Gasteiger partial charge in [-0.3, -0.25) is 4.90 Å². The van der Waals surface area contributed by atoms with Crippen molar-refractivity contribution in [3.05, 3.63) is 88.2 Å². The van der Waals surface area contributed by atoms with E-state index in [4.69, 9.17) is 4.52 Å². The molecule has 2 aromatic carbocycles. The van der Waals surface area contributed by atoms with Crippen molar-refractivity contribution in [3.63, 3.8) is 0 Å². The first-order valence-electron chi connectivity index (χ1n) is 8.02. The van der Waals surface area contributed by atoms with Crippen molar-refractivity contribution in [1.29, 1.82) is 0 Å². The molecule has 3 rings (SSSR count). The first-order chi connectivity index (χ1) is 11.6. The number of hydrogen-bond acceptors (Lipinski definition) is 3. The summed E-state index contributed by atoms with van der Waals surface area (Å²) in [6, 6.07) is 18.9. The Labute approximate surface area is 151 Å². The van der Waals surface area contributed by atoms with Gasteiger partial charge in [0.1, 0.15) is 6.26 Å². The van der Waals surface area contributed by atoms with E-state index in [0.29, 0.717) is 0 Å². The highest BCUT2D eigenvalue weighted by atomic mass is 79.9. The molecule has 0 aliphatic carbocycles. The zero-order valence-corrected chi connectivity index (χ0v) is 15.5. The number of likely N-dealkylation sites (N-methyl/N-ethyl adjacent to an activating group) is 1. The normalized spacial score (nSPS) is 13.8. The monoisotopic (exact) mass is 384 g/mol. The zero-order valence-electron chi connectivity index (χ0n) is 13.9. The van der Waals surface area contributed by atoms with Gasteiger partial charge >= 0.3 is 0 Å². The Bertz CT molecular complexity index is 773. The topological polar surface area (TPSA) is 29.3 Å². The summed E-state index contributed by atoms with van der Waals surface area (Å²) >= 11 is 3.70. The minimum Gasteiger partial charge on any atom is -0.364 e. The summed E-state index contributed by atoms with van der Waals surface area (Å²) in [6.45, 7) is 3.14. The van der Waals surface area contributed by atoms with Crippen LogP contribution in [0, 0.1) is 0 Å². The number of hydrogen-bond donors (Lipinski definition) is 0. The molecule has 1 atom stereocenters. The van der Waals surface area contributed by atoms with E-state index in [-0.39, 0.29) is 5.54 Å². The predicted octanol–water partition coefficient (Wildman–Crippen LogP) is 4.88. The van der Waals surface area contributed by atoms with Gasteiger partial charge in [0, 0.05) is 16.6 Å². The molecule has 1 aromatic heterocycles. The Hall–Kier alpha value is -1.91. The fourth-order valence-corrected chi connectivity index (χ4v) is 3.72. The fourth-order valence-electron chi connectivity index (χ4n) is 3.05. The molecule has 0 N–H and O–H groups in total. The highest BCUT2D eigenvalue weighted by molar-refractivity contribution is 9.10. The molecule has 1 unspecified atom stereocenters. The molecule has 0 radical (unpaired) electrons. The van der Waals surface area contributed by atoms with Gasteiger partial charge in [0.05, 0.1) is 11.7 Å². The molecule has 0 aliphatic rings. The van der Waals surface area contributed by atoms with Gasteiger partial charge < -0.3 is 4.52 Å². The molecule has 0 fully saturated rings. The van der Waals surface area contributed by atoms with Crippen LogP contribution in [0.3, 0.4) is 0 Å². The lowest BCUT2D eigenvalue weighted by molar-refractivity contribution is 0.179. The highest BCUT2D eigenvalue weighted by Gasteiger charge is 2.36. The molecular weight excluding hydrogens is 364 g/mol. The van der Waals surface area contributed by atoms with E-state index < -0.39 is 0 Å². The Morgan fingerprint density at radius 1 is 1.08 bits per heavy atom. The molecule has 4 heteroatoms. The number of nitrogens with zero attached hydrogens (tertiary/aromatic N) is 2. The summed E-state index contributed by atoms with van der Waals surface area (Å²) in [7, 11) is 2.15. The van der Waals surface area contributed by atoms with Crippen molar-refractivity contribution in [1.82, 2.24) is 10.1 Å². The second-order valence-electron chi connectivity index (χ2n) is 6.12. The molecule has 24 heavy (non-hydrogen) atoms. The Morgan fingerprint density at radius 3 is 2.46 bits per heavy atom. The number of aromatic nitrogens is 1. The Morgan fingerprint density at radius 2 is 1.79 bits per heavy atom. The summed E-state index contributed by atoms with van der Waals surface area (Å²) in [5.41, 5.74) is 3.26. The van der Waals surface area contributed by atoms with Crippen LogP contribution in [-0.4, -0.2) is 23.6 Å². The lowest BCUT2D eigenvalue weighted by Crippen LogP contribution is -2.43. The maximum atomic E-state index is 5.14. The molecule has 3 nitrogen and oxygen atoms in total. The summed E-state index contributed by atoms with van der Waals surface area (Å²) < 4.78 is 6.23. The first-order valence-corrected chi connectivity index (χ1v) is 8.81. The molecule has 0 bridgehead atoms. The third-order valence-corrected chi connectivity index (χ3v) is 5.43. The molecule has 1 heterocycles. The van der Waals surface area contributed by atoms with Crippen LogP contribution in [0.25, 0.3) is 0 Å². The van der Waals surface area contributed by atoms with Crippen molar-refractivity contribution in [2.45, 2.75) is 18.9 Å². The van der Waals surface area contributed by atoms with Gasteiger partial charge in [0.2, 0.25) is 0 Å². The van der Waals surface area contributed by atoms with Crippen LogP contribution >= 0.6 is 15.9 Å². The van der Waals surface area contributed by atoms with Gasteiger partial charge in [-0.05, 0) is 37.6 Å². The van der Waals surface area contributed by atoms with Gasteiger partial charge in [-0.2, -0.15) is 0 Å². The second kappa shape index (κ2) is 7.32. The average Bonchev–Trinajstić information content (AvgIpc) is 3.15. The van der Waals surface area contributed by atoms with Crippen molar-refractivity contribution in [2.75, 3.05) is 13.6 Å². The Kier molecular flexibility index (Phi) is 5.17. The van der Waals surface area contributed by atoms with Gasteiger partial charge in [0.25, 0.3) is 0 Å². The summed E-state index contributed by atoms with van der Waals surface area (Å²) in [5, 5.41) is 3.93. The fraction of sp³-hybridized carbons (Fsp3) is 0.250. The van der Waals surface area contributed by atoms with E-state index in [0.717, 1.165) is 23.0 Å². The largest absolute Gasteiger partial charge is 0.364 e. The average molecular weight is 385 g/mol. The smallest absolute Gasteiger partial charge is 0.129 e. The van der Waals surface area contributed by atoms with Crippen molar-refractivity contribution >= 4 is 15.9 Å². The minimum absolute atomic E-state index is 0.325. The van der Waals surface area contributed by atoms with E-state index in [1.807, 2.05) is 6.07 Å². The number of benzene rings is 2. The third-order valence-electron chi connectivity index (χ3n) is 4.73. The van der Waals surface area contributed by atoms with E-state index in [9.17, 15) is 0 Å². The van der Waals surface area contributed by atoms with Crippen LogP contribution in [-0.2, 0) is 12.0 Å². The molecule has 0 amide bonds. The molecular formula is C20H21BrN2O. The SMILES string of the molecule is CN(CCc1ccccc1)C(C)(c1cnoc1)c1ccccc1Br. The molecule has 0 saturated heterocycles. The van der Waals surface area contributed by atoms with Gasteiger partial charge in [-0.1, -0.05) is 69.6 Å². The lowest BCUT2D eigenvalue weighted by atomic mass is 9.85. The quantitative estimate of drug-likeness (QED) is 0.606. The first kappa shape index (κ1) is 16.9. The van der Waals surface area contributed by atoms with Crippen LogP contribution in [0.2, 0.25) is 0 Å². The maximum absolute atomic E-state index is 5.14. The van der Waals surface area contributed by atoms with Crippen molar-refractivity contribution < 1.29 is 4.52 Å². The third kappa shape index (κ3) is 3.30. The Balaban J connectivity index is 1.92. The second-order valence-corrected chi connectivity index (χ2v) is 6.98. The van der Waals surface area contributed by atoms with Crippen LogP contribution in [0.4, 0.5) is 0 Å². The number of halogens is 1. The highest BCUT2D eigenvalue weighted by Crippen LogP contribution is 2.38. The van der Waals surface area contributed by atoms with Gasteiger partial charge in [-0.25, -0.2) is 0 Å². The summed E-state index contributed by atoms with van der Waals surface area (Å²) in [5.74, 6) is 0. The summed E-state index contributed by atoms with van der Waals surface area (Å²) in [4.78, 5) is 2.35. The van der Waals surface area contributed by atoms with Crippen LogP contribution in [0.15, 0.2) is 76.1 Å². The van der Waals surface area contributed by atoms with Gasteiger partial charge in [0.15, 0.2) is 0 Å².